The molecule has 1 aromatic heterocycles. The van der Waals surface area contributed by atoms with Gasteiger partial charge in [-0.3, -0.25) is 14.5 Å². The Bertz CT molecular complexity index is 902. The SMILES string of the molecule is COC(=O)C(Cc1ccc(-c2ccc(C=O)o2)cc1)N1CCS(=O)(=O)CC1. The van der Waals surface area contributed by atoms with Crippen LogP contribution in [0.1, 0.15) is 16.1 Å². The van der Waals surface area contributed by atoms with E-state index in [1.54, 1.807) is 12.1 Å². The second-order valence-corrected chi connectivity index (χ2v) is 8.75. The molecule has 0 spiro atoms. The molecule has 0 bridgehead atoms. The van der Waals surface area contributed by atoms with E-state index in [-0.39, 0.29) is 23.2 Å². The second kappa shape index (κ2) is 8.06. The Hall–Kier alpha value is -2.45. The van der Waals surface area contributed by atoms with Crippen LogP contribution in [-0.2, 0) is 25.8 Å². The van der Waals surface area contributed by atoms with E-state index in [1.165, 1.54) is 7.11 Å². The van der Waals surface area contributed by atoms with E-state index in [9.17, 15) is 18.0 Å². The van der Waals surface area contributed by atoms with Crippen molar-refractivity contribution in [3.63, 3.8) is 0 Å². The summed E-state index contributed by atoms with van der Waals surface area (Å²) < 4.78 is 33.6. The lowest BCUT2D eigenvalue weighted by Gasteiger charge is -2.32. The van der Waals surface area contributed by atoms with Crippen LogP contribution in [0.3, 0.4) is 0 Å². The van der Waals surface area contributed by atoms with Crippen molar-refractivity contribution in [2.75, 3.05) is 31.7 Å². The zero-order chi connectivity index (χ0) is 19.4. The maximum Gasteiger partial charge on any atom is 0.323 e. The molecule has 27 heavy (non-hydrogen) atoms. The van der Waals surface area contributed by atoms with Gasteiger partial charge in [0.15, 0.2) is 21.9 Å². The molecule has 0 saturated carbocycles. The van der Waals surface area contributed by atoms with Crippen molar-refractivity contribution in [2.45, 2.75) is 12.5 Å². The first kappa shape index (κ1) is 19.3. The Morgan fingerprint density at radius 1 is 1.19 bits per heavy atom. The fourth-order valence-corrected chi connectivity index (χ4v) is 4.36. The van der Waals surface area contributed by atoms with Gasteiger partial charge in [0.25, 0.3) is 0 Å². The lowest BCUT2D eigenvalue weighted by Crippen LogP contribution is -2.50. The van der Waals surface area contributed by atoms with E-state index in [4.69, 9.17) is 9.15 Å². The van der Waals surface area contributed by atoms with Gasteiger partial charge in [0.1, 0.15) is 11.8 Å². The van der Waals surface area contributed by atoms with E-state index in [2.05, 4.69) is 0 Å². The van der Waals surface area contributed by atoms with Crippen LogP contribution in [0.25, 0.3) is 11.3 Å². The van der Waals surface area contributed by atoms with Crippen molar-refractivity contribution >= 4 is 22.1 Å². The second-order valence-electron chi connectivity index (χ2n) is 6.45. The van der Waals surface area contributed by atoms with Gasteiger partial charge in [-0.05, 0) is 24.1 Å². The Labute approximate surface area is 157 Å². The van der Waals surface area contributed by atoms with Crippen LogP contribution in [0, 0.1) is 0 Å². The number of nitrogens with zero attached hydrogens (tertiary/aromatic N) is 1. The fraction of sp³-hybridized carbons (Fsp3) is 0.368. The van der Waals surface area contributed by atoms with Crippen LogP contribution >= 0.6 is 0 Å². The number of carbonyl (C=O) groups excluding carboxylic acids is 2. The summed E-state index contributed by atoms with van der Waals surface area (Å²) in [5, 5.41) is 0. The highest BCUT2D eigenvalue weighted by Crippen LogP contribution is 2.23. The molecule has 0 radical (unpaired) electrons. The Balaban J connectivity index is 1.73. The Morgan fingerprint density at radius 3 is 2.41 bits per heavy atom. The highest BCUT2D eigenvalue weighted by molar-refractivity contribution is 7.91. The van der Waals surface area contributed by atoms with Gasteiger partial charge in [0, 0.05) is 18.7 Å². The number of furan rings is 1. The summed E-state index contributed by atoms with van der Waals surface area (Å²) in [5.74, 6) is 0.586. The van der Waals surface area contributed by atoms with Crippen molar-refractivity contribution in [1.29, 1.82) is 0 Å². The van der Waals surface area contributed by atoms with Crippen LogP contribution in [0.15, 0.2) is 40.8 Å². The molecule has 0 aliphatic carbocycles. The number of hydrogen-bond acceptors (Lipinski definition) is 7. The average Bonchev–Trinajstić information content (AvgIpc) is 3.15. The summed E-state index contributed by atoms with van der Waals surface area (Å²) in [5.41, 5.74) is 1.75. The standard InChI is InChI=1S/C19H21NO6S/c1-25-19(22)17(20-8-10-27(23,24)11-9-20)12-14-2-4-15(5-3-14)18-7-6-16(13-21)26-18/h2-7,13,17H,8-12H2,1H3. The highest BCUT2D eigenvalue weighted by atomic mass is 32.2. The monoisotopic (exact) mass is 391 g/mol. The molecule has 0 N–H and O–H groups in total. The maximum absolute atomic E-state index is 12.2. The number of benzene rings is 1. The molecule has 1 unspecified atom stereocenters. The summed E-state index contributed by atoms with van der Waals surface area (Å²) in [6.07, 6.45) is 1.07. The van der Waals surface area contributed by atoms with Crippen LogP contribution in [0.4, 0.5) is 0 Å². The van der Waals surface area contributed by atoms with Gasteiger partial charge < -0.3 is 9.15 Å². The number of sulfone groups is 1. The number of carbonyl (C=O) groups is 2. The van der Waals surface area contributed by atoms with Gasteiger partial charge in [-0.25, -0.2) is 8.42 Å². The first-order valence-electron chi connectivity index (χ1n) is 8.58. The number of esters is 1. The Morgan fingerprint density at radius 2 is 1.85 bits per heavy atom. The number of methoxy groups -OCH3 is 1. The van der Waals surface area contributed by atoms with Crippen molar-refractivity contribution in [1.82, 2.24) is 4.90 Å². The average molecular weight is 391 g/mol. The predicted octanol–water partition coefficient (Wildman–Crippen LogP) is 1.57. The van der Waals surface area contributed by atoms with Crippen LogP contribution in [0.2, 0.25) is 0 Å². The highest BCUT2D eigenvalue weighted by Gasteiger charge is 2.32. The lowest BCUT2D eigenvalue weighted by atomic mass is 10.0. The quantitative estimate of drug-likeness (QED) is 0.545. The molecule has 7 nitrogen and oxygen atoms in total. The minimum Gasteiger partial charge on any atom is -0.468 e. The van der Waals surface area contributed by atoms with Gasteiger partial charge in [-0.15, -0.1) is 0 Å². The molecule has 1 saturated heterocycles. The number of rotatable bonds is 6. The zero-order valence-electron chi connectivity index (χ0n) is 15.0. The molecule has 1 aromatic carbocycles. The van der Waals surface area contributed by atoms with Crippen molar-refractivity contribution in [2.24, 2.45) is 0 Å². The van der Waals surface area contributed by atoms with Gasteiger partial charge in [-0.1, -0.05) is 24.3 Å². The zero-order valence-corrected chi connectivity index (χ0v) is 15.8. The Kier molecular flexibility index (Phi) is 5.76. The molecular formula is C19H21NO6S. The molecular weight excluding hydrogens is 370 g/mol. The molecule has 0 amide bonds. The van der Waals surface area contributed by atoms with Gasteiger partial charge >= 0.3 is 5.97 Å². The van der Waals surface area contributed by atoms with Crippen molar-refractivity contribution in [3.05, 3.63) is 47.7 Å². The van der Waals surface area contributed by atoms with Crippen LogP contribution in [0.5, 0.6) is 0 Å². The maximum atomic E-state index is 12.2. The van der Waals surface area contributed by atoms with Crippen LogP contribution in [-0.4, -0.2) is 63.3 Å². The summed E-state index contributed by atoms with van der Waals surface area (Å²) in [6, 6.07) is 10.3. The predicted molar refractivity (Wildman–Crippen MR) is 99.3 cm³/mol. The fourth-order valence-electron chi connectivity index (χ4n) is 3.14. The van der Waals surface area contributed by atoms with Crippen LogP contribution < -0.4 is 0 Å². The molecule has 3 rings (SSSR count). The third kappa shape index (κ3) is 4.64. The number of hydrogen-bond donors (Lipinski definition) is 0. The number of aldehydes is 1. The van der Waals surface area contributed by atoms with Crippen molar-refractivity contribution < 1.29 is 27.2 Å². The molecule has 1 aliphatic rings. The molecule has 8 heteroatoms. The summed E-state index contributed by atoms with van der Waals surface area (Å²) >= 11 is 0. The number of ether oxygens (including phenoxy) is 1. The van der Waals surface area contributed by atoms with Crippen molar-refractivity contribution in [3.8, 4) is 11.3 Å². The first-order chi connectivity index (χ1) is 12.9. The molecule has 1 aliphatic heterocycles. The molecule has 2 aromatic rings. The van der Waals surface area contributed by atoms with E-state index >= 15 is 0 Å². The van der Waals surface area contributed by atoms with Gasteiger partial charge in [0.05, 0.1) is 18.6 Å². The summed E-state index contributed by atoms with van der Waals surface area (Å²) in [4.78, 5) is 24.8. The largest absolute Gasteiger partial charge is 0.468 e. The van der Waals surface area contributed by atoms with Gasteiger partial charge in [0.2, 0.25) is 0 Å². The summed E-state index contributed by atoms with van der Waals surface area (Å²) in [6.45, 7) is 0.641. The topological polar surface area (TPSA) is 93.9 Å². The molecule has 1 fully saturated rings. The molecule has 2 heterocycles. The third-order valence-electron chi connectivity index (χ3n) is 4.70. The first-order valence-corrected chi connectivity index (χ1v) is 10.4. The summed E-state index contributed by atoms with van der Waals surface area (Å²) in [7, 11) is -1.69. The van der Waals surface area contributed by atoms with E-state index in [0.29, 0.717) is 31.6 Å². The minimum atomic E-state index is -3.02. The van der Waals surface area contributed by atoms with E-state index < -0.39 is 15.9 Å². The van der Waals surface area contributed by atoms with E-state index in [1.807, 2.05) is 29.2 Å². The minimum absolute atomic E-state index is 0.0526. The van der Waals surface area contributed by atoms with E-state index in [0.717, 1.165) is 11.1 Å². The normalized spacial score (nSPS) is 18.0. The third-order valence-corrected chi connectivity index (χ3v) is 6.31. The lowest BCUT2D eigenvalue weighted by molar-refractivity contribution is -0.146. The molecule has 1 atom stereocenters. The molecule has 144 valence electrons. The van der Waals surface area contributed by atoms with Gasteiger partial charge in [-0.2, -0.15) is 0 Å². The smallest absolute Gasteiger partial charge is 0.323 e.